The maximum absolute atomic E-state index is 6.66. The number of benzene rings is 2. The molecule has 0 radical (unpaired) electrons. The third-order valence-corrected chi connectivity index (χ3v) is 4.61. The van der Waals surface area contributed by atoms with Gasteiger partial charge in [0.1, 0.15) is 5.54 Å². The zero-order valence-electron chi connectivity index (χ0n) is 13.8. The van der Waals surface area contributed by atoms with E-state index in [1.165, 1.54) is 0 Å². The lowest BCUT2D eigenvalue weighted by molar-refractivity contribution is 0.514. The molecule has 3 rings (SSSR count). The summed E-state index contributed by atoms with van der Waals surface area (Å²) in [5.41, 5.74) is 2.29. The first-order valence-electron chi connectivity index (χ1n) is 7.99. The number of nitrogens with zero attached hydrogens (tertiary/aromatic N) is 2. The number of aromatic nitrogens is 2. The topological polar surface area (TPSA) is 17.8 Å². The molecule has 0 saturated carbocycles. The minimum Gasteiger partial charge on any atom is -0.319 e. The van der Waals surface area contributed by atoms with Crippen LogP contribution in [0.3, 0.4) is 0 Å². The Morgan fingerprint density at radius 3 is 2.36 bits per heavy atom. The van der Waals surface area contributed by atoms with E-state index >= 15 is 0 Å². The molecule has 0 aliphatic rings. The molecule has 0 aliphatic carbocycles. The van der Waals surface area contributed by atoms with Gasteiger partial charge in [0.15, 0.2) is 0 Å². The van der Waals surface area contributed by atoms with Crippen LogP contribution in [0.5, 0.6) is 0 Å². The van der Waals surface area contributed by atoms with Crippen LogP contribution in [0.15, 0.2) is 110 Å². The Morgan fingerprint density at radius 1 is 1.04 bits per heavy atom. The van der Waals surface area contributed by atoms with Crippen molar-refractivity contribution in [3.05, 3.63) is 126 Å². The number of hydrogen-bond donors (Lipinski definition) is 0. The molecule has 0 aliphatic heterocycles. The van der Waals surface area contributed by atoms with E-state index in [0.717, 1.165) is 16.7 Å². The van der Waals surface area contributed by atoms with Gasteiger partial charge >= 0.3 is 0 Å². The van der Waals surface area contributed by atoms with Gasteiger partial charge in [-0.05, 0) is 17.2 Å². The van der Waals surface area contributed by atoms with Crippen molar-refractivity contribution in [1.29, 1.82) is 0 Å². The highest BCUT2D eigenvalue weighted by molar-refractivity contribution is 6.31. The number of hydrogen-bond acceptors (Lipinski definition) is 1. The molecule has 1 unspecified atom stereocenters. The van der Waals surface area contributed by atoms with Crippen molar-refractivity contribution in [2.75, 3.05) is 0 Å². The molecule has 2 aromatic carbocycles. The highest BCUT2D eigenvalue weighted by atomic mass is 35.5. The van der Waals surface area contributed by atoms with Crippen molar-refractivity contribution in [2.24, 2.45) is 0 Å². The van der Waals surface area contributed by atoms with Crippen LogP contribution in [0.4, 0.5) is 0 Å². The van der Waals surface area contributed by atoms with Gasteiger partial charge < -0.3 is 4.57 Å². The van der Waals surface area contributed by atoms with E-state index in [1.807, 2.05) is 60.8 Å². The molecule has 25 heavy (non-hydrogen) atoms. The first kappa shape index (κ1) is 17.0. The fourth-order valence-corrected chi connectivity index (χ4v) is 3.54. The molecule has 0 saturated heterocycles. The number of allylic oxidation sites excluding steroid dienone is 4. The first-order valence-corrected chi connectivity index (χ1v) is 8.37. The predicted octanol–water partition coefficient (Wildman–Crippen LogP) is 5.63. The Bertz CT molecular complexity index is 895. The third kappa shape index (κ3) is 2.86. The average Bonchev–Trinajstić information content (AvgIpc) is 3.18. The molecule has 2 nitrogen and oxygen atoms in total. The Kier molecular flexibility index (Phi) is 5.01. The SMILES string of the molecule is C=C/C=C(\C=C)C(c1ccccc1)(c1ccccc1Cl)n1ccnc1. The minimum atomic E-state index is -0.688. The van der Waals surface area contributed by atoms with Gasteiger partial charge in [-0.25, -0.2) is 4.98 Å². The van der Waals surface area contributed by atoms with Crippen molar-refractivity contribution >= 4 is 11.6 Å². The summed E-state index contributed by atoms with van der Waals surface area (Å²) < 4.78 is 2.06. The molecule has 3 aromatic rings. The molecular formula is C22H19ClN2. The number of halogens is 1. The average molecular weight is 347 g/mol. The Labute approximate surface area is 153 Å². The lowest BCUT2D eigenvalue weighted by atomic mass is 9.76. The van der Waals surface area contributed by atoms with Crippen LogP contribution in [0.1, 0.15) is 11.1 Å². The van der Waals surface area contributed by atoms with Crippen molar-refractivity contribution < 1.29 is 0 Å². The van der Waals surface area contributed by atoms with Crippen molar-refractivity contribution in [2.45, 2.75) is 5.54 Å². The summed E-state index contributed by atoms with van der Waals surface area (Å²) >= 11 is 6.66. The zero-order chi connectivity index (χ0) is 17.7. The molecule has 1 heterocycles. The molecule has 124 valence electrons. The van der Waals surface area contributed by atoms with Gasteiger partial charge in [0.05, 0.1) is 6.33 Å². The third-order valence-electron chi connectivity index (χ3n) is 4.28. The summed E-state index contributed by atoms with van der Waals surface area (Å²) in [5.74, 6) is 0. The highest BCUT2D eigenvalue weighted by Crippen LogP contribution is 2.44. The summed E-state index contributed by atoms with van der Waals surface area (Å²) in [6, 6.07) is 18.1. The van der Waals surface area contributed by atoms with E-state index in [0.29, 0.717) is 5.02 Å². The van der Waals surface area contributed by atoms with Gasteiger partial charge in [0.2, 0.25) is 0 Å². The molecule has 0 amide bonds. The molecule has 0 N–H and O–H groups in total. The standard InChI is InChI=1S/C22H19ClN2/c1-3-10-18(4-2)22(25-16-15-24-17-25,19-11-6-5-7-12-19)20-13-8-9-14-21(20)23/h3-17H,1-2H2/b18-10+. The van der Waals surface area contributed by atoms with Gasteiger partial charge in [-0.3, -0.25) is 0 Å². The largest absolute Gasteiger partial charge is 0.319 e. The number of rotatable bonds is 6. The van der Waals surface area contributed by atoms with Crippen LogP contribution in [-0.2, 0) is 5.54 Å². The fourth-order valence-electron chi connectivity index (χ4n) is 3.27. The smallest absolute Gasteiger partial charge is 0.123 e. The molecule has 1 aromatic heterocycles. The quantitative estimate of drug-likeness (QED) is 0.529. The van der Waals surface area contributed by atoms with Crippen LogP contribution < -0.4 is 0 Å². The first-order chi connectivity index (χ1) is 12.2. The monoisotopic (exact) mass is 346 g/mol. The van der Waals surface area contributed by atoms with Crippen LogP contribution in [-0.4, -0.2) is 9.55 Å². The number of imidazole rings is 1. The van der Waals surface area contributed by atoms with Crippen molar-refractivity contribution in [3.8, 4) is 0 Å². The molecular weight excluding hydrogens is 328 g/mol. The minimum absolute atomic E-state index is 0.678. The highest BCUT2D eigenvalue weighted by Gasteiger charge is 2.40. The molecule has 1 atom stereocenters. The maximum atomic E-state index is 6.66. The van der Waals surface area contributed by atoms with Gasteiger partial charge in [-0.2, -0.15) is 0 Å². The van der Waals surface area contributed by atoms with Crippen LogP contribution in [0.2, 0.25) is 5.02 Å². The van der Waals surface area contributed by atoms with E-state index in [2.05, 4.69) is 34.8 Å². The van der Waals surface area contributed by atoms with E-state index in [1.54, 1.807) is 18.6 Å². The lowest BCUT2D eigenvalue weighted by Gasteiger charge is -2.38. The van der Waals surface area contributed by atoms with E-state index in [-0.39, 0.29) is 0 Å². The van der Waals surface area contributed by atoms with E-state index in [4.69, 9.17) is 11.6 Å². The van der Waals surface area contributed by atoms with Crippen LogP contribution >= 0.6 is 11.6 Å². The predicted molar refractivity (Wildman–Crippen MR) is 105 cm³/mol. The molecule has 3 heteroatoms. The summed E-state index contributed by atoms with van der Waals surface area (Å²) in [4.78, 5) is 4.28. The van der Waals surface area contributed by atoms with Gasteiger partial charge in [0.25, 0.3) is 0 Å². The van der Waals surface area contributed by atoms with Crippen molar-refractivity contribution in [3.63, 3.8) is 0 Å². The van der Waals surface area contributed by atoms with Crippen molar-refractivity contribution in [1.82, 2.24) is 9.55 Å². The Hall–Kier alpha value is -2.84. The second kappa shape index (κ2) is 7.37. The Morgan fingerprint density at radius 2 is 1.76 bits per heavy atom. The maximum Gasteiger partial charge on any atom is 0.123 e. The summed E-state index contributed by atoms with van der Waals surface area (Å²) in [6.45, 7) is 7.91. The molecule has 0 spiro atoms. The second-order valence-corrected chi connectivity index (χ2v) is 6.00. The van der Waals surface area contributed by atoms with Crippen LogP contribution in [0, 0.1) is 0 Å². The lowest BCUT2D eigenvalue weighted by Crippen LogP contribution is -2.37. The fraction of sp³-hybridized carbons (Fsp3) is 0.0455. The summed E-state index contributed by atoms with van der Waals surface area (Å²) in [5, 5.41) is 0.678. The van der Waals surface area contributed by atoms with Gasteiger partial charge in [-0.15, -0.1) is 0 Å². The Balaban J connectivity index is 2.49. The molecule has 0 bridgehead atoms. The zero-order valence-corrected chi connectivity index (χ0v) is 14.6. The van der Waals surface area contributed by atoms with Gasteiger partial charge in [-0.1, -0.05) is 91.5 Å². The normalized spacial score (nSPS) is 13.9. The van der Waals surface area contributed by atoms with Gasteiger partial charge in [0, 0.05) is 23.0 Å². The van der Waals surface area contributed by atoms with E-state index in [9.17, 15) is 0 Å². The summed E-state index contributed by atoms with van der Waals surface area (Å²) in [6.07, 6.45) is 11.1. The second-order valence-electron chi connectivity index (χ2n) is 5.59. The van der Waals surface area contributed by atoms with Crippen LogP contribution in [0.25, 0.3) is 0 Å². The van der Waals surface area contributed by atoms with E-state index < -0.39 is 5.54 Å². The summed E-state index contributed by atoms with van der Waals surface area (Å²) in [7, 11) is 0. The molecule has 0 fully saturated rings.